The van der Waals surface area contributed by atoms with Crippen LogP contribution in [0.2, 0.25) is 0 Å². The summed E-state index contributed by atoms with van der Waals surface area (Å²) in [6.07, 6.45) is -0.959. The molecule has 0 spiro atoms. The third-order valence-electron chi connectivity index (χ3n) is 4.79. The SMILES string of the molecule is CNCC1[C@H](C)C(COC(=O)c2ccccc2)OC(OC(C)=O)[C@H]1C. The second-order valence-corrected chi connectivity index (χ2v) is 6.56. The van der Waals surface area contributed by atoms with Crippen LogP contribution in [-0.2, 0) is 19.0 Å². The molecular weight excluding hydrogens is 322 g/mol. The first kappa shape index (κ1) is 19.4. The number of rotatable bonds is 6. The van der Waals surface area contributed by atoms with E-state index in [2.05, 4.69) is 12.2 Å². The molecule has 1 aliphatic heterocycles. The Morgan fingerprint density at radius 2 is 1.84 bits per heavy atom. The van der Waals surface area contributed by atoms with Crippen LogP contribution in [-0.4, -0.2) is 44.5 Å². The molecule has 3 unspecified atom stereocenters. The van der Waals surface area contributed by atoms with Crippen molar-refractivity contribution in [1.29, 1.82) is 0 Å². The standard InChI is InChI=1S/C19H27NO5/c1-12-16(10-20-4)13(2)19(24-14(3)21)25-17(12)11-23-18(22)15-8-6-5-7-9-15/h5-9,12-13,16-17,19-20H,10-11H2,1-4H3/t12-,13-,16?,17?,19?/m0/s1. The quantitative estimate of drug-likeness (QED) is 0.794. The highest BCUT2D eigenvalue weighted by Crippen LogP contribution is 2.35. The van der Waals surface area contributed by atoms with E-state index in [1.165, 1.54) is 6.92 Å². The van der Waals surface area contributed by atoms with E-state index >= 15 is 0 Å². The molecule has 25 heavy (non-hydrogen) atoms. The van der Waals surface area contributed by atoms with Gasteiger partial charge in [0.1, 0.15) is 6.61 Å². The van der Waals surface area contributed by atoms with Gasteiger partial charge in [-0.25, -0.2) is 4.79 Å². The van der Waals surface area contributed by atoms with E-state index in [1.807, 2.05) is 20.0 Å². The topological polar surface area (TPSA) is 73.9 Å². The van der Waals surface area contributed by atoms with Crippen LogP contribution >= 0.6 is 0 Å². The van der Waals surface area contributed by atoms with Crippen molar-refractivity contribution >= 4 is 11.9 Å². The van der Waals surface area contributed by atoms with E-state index in [0.717, 1.165) is 6.54 Å². The molecule has 2 rings (SSSR count). The molecule has 1 aromatic carbocycles. The molecule has 1 aromatic rings. The Balaban J connectivity index is 2.04. The predicted octanol–water partition coefficient (Wildman–Crippen LogP) is 2.24. The van der Waals surface area contributed by atoms with Crippen LogP contribution in [0, 0.1) is 17.8 Å². The van der Waals surface area contributed by atoms with Gasteiger partial charge in [-0.3, -0.25) is 4.79 Å². The number of ether oxygens (including phenoxy) is 3. The Morgan fingerprint density at radius 3 is 2.44 bits per heavy atom. The minimum absolute atomic E-state index is 0.0485. The zero-order chi connectivity index (χ0) is 18.4. The van der Waals surface area contributed by atoms with Crippen LogP contribution in [0.4, 0.5) is 0 Å². The summed E-state index contributed by atoms with van der Waals surface area (Å²) < 4.78 is 16.7. The van der Waals surface area contributed by atoms with Crippen molar-refractivity contribution in [2.24, 2.45) is 17.8 Å². The van der Waals surface area contributed by atoms with Crippen LogP contribution < -0.4 is 5.32 Å². The van der Waals surface area contributed by atoms with Gasteiger partial charge in [0.2, 0.25) is 6.29 Å². The predicted molar refractivity (Wildman–Crippen MR) is 92.9 cm³/mol. The smallest absolute Gasteiger partial charge is 0.338 e. The van der Waals surface area contributed by atoms with E-state index in [9.17, 15) is 9.59 Å². The molecule has 0 bridgehead atoms. The summed E-state index contributed by atoms with van der Waals surface area (Å²) in [4.78, 5) is 23.5. The first-order valence-corrected chi connectivity index (χ1v) is 8.63. The van der Waals surface area contributed by atoms with Gasteiger partial charge in [-0.05, 0) is 37.6 Å². The van der Waals surface area contributed by atoms with Crippen LogP contribution in [0.3, 0.4) is 0 Å². The first-order valence-electron chi connectivity index (χ1n) is 8.63. The molecule has 0 amide bonds. The van der Waals surface area contributed by atoms with Gasteiger partial charge in [0, 0.05) is 12.8 Å². The molecule has 1 aliphatic rings. The molecule has 0 aromatic heterocycles. The molecule has 1 saturated heterocycles. The monoisotopic (exact) mass is 349 g/mol. The van der Waals surface area contributed by atoms with Crippen molar-refractivity contribution in [2.75, 3.05) is 20.2 Å². The van der Waals surface area contributed by atoms with E-state index in [1.54, 1.807) is 24.3 Å². The first-order chi connectivity index (χ1) is 11.9. The number of carbonyl (C=O) groups is 2. The molecule has 138 valence electrons. The molecule has 6 nitrogen and oxygen atoms in total. The second-order valence-electron chi connectivity index (χ2n) is 6.56. The number of carbonyl (C=O) groups excluding carboxylic acids is 2. The van der Waals surface area contributed by atoms with Crippen molar-refractivity contribution in [1.82, 2.24) is 5.32 Å². The van der Waals surface area contributed by atoms with Crippen LogP contribution in [0.1, 0.15) is 31.1 Å². The summed E-state index contributed by atoms with van der Waals surface area (Å²) in [7, 11) is 1.89. The fraction of sp³-hybridized carbons (Fsp3) is 0.579. The van der Waals surface area contributed by atoms with Gasteiger partial charge in [0.25, 0.3) is 0 Å². The summed E-state index contributed by atoms with van der Waals surface area (Å²) >= 11 is 0. The molecule has 0 radical (unpaired) electrons. The van der Waals surface area contributed by atoms with Crippen molar-refractivity contribution in [3.05, 3.63) is 35.9 Å². The average Bonchev–Trinajstić information content (AvgIpc) is 2.60. The Bertz CT molecular complexity index is 576. The summed E-state index contributed by atoms with van der Waals surface area (Å²) in [5.74, 6) is -0.326. The molecule has 6 heteroatoms. The lowest BCUT2D eigenvalue weighted by atomic mass is 9.77. The fourth-order valence-electron chi connectivity index (χ4n) is 3.29. The van der Waals surface area contributed by atoms with Gasteiger partial charge in [-0.15, -0.1) is 0 Å². The molecule has 5 atom stereocenters. The maximum Gasteiger partial charge on any atom is 0.338 e. The van der Waals surface area contributed by atoms with E-state index in [-0.39, 0.29) is 42.4 Å². The molecule has 1 fully saturated rings. The van der Waals surface area contributed by atoms with Crippen LogP contribution in [0.5, 0.6) is 0 Å². The summed E-state index contributed by atoms with van der Waals surface area (Å²) in [5.41, 5.74) is 0.502. The van der Waals surface area contributed by atoms with Crippen molar-refractivity contribution in [2.45, 2.75) is 33.2 Å². The van der Waals surface area contributed by atoms with E-state index in [0.29, 0.717) is 5.56 Å². The van der Waals surface area contributed by atoms with Crippen molar-refractivity contribution < 1.29 is 23.8 Å². The highest BCUT2D eigenvalue weighted by atomic mass is 16.7. The van der Waals surface area contributed by atoms with Gasteiger partial charge in [0.15, 0.2) is 0 Å². The molecule has 0 saturated carbocycles. The Morgan fingerprint density at radius 1 is 1.16 bits per heavy atom. The highest BCUT2D eigenvalue weighted by molar-refractivity contribution is 5.89. The molecule has 0 aliphatic carbocycles. The summed E-state index contributed by atoms with van der Waals surface area (Å²) in [5, 5.41) is 3.18. The van der Waals surface area contributed by atoms with Crippen LogP contribution in [0.25, 0.3) is 0 Å². The van der Waals surface area contributed by atoms with Crippen molar-refractivity contribution in [3.63, 3.8) is 0 Å². The van der Waals surface area contributed by atoms with E-state index in [4.69, 9.17) is 14.2 Å². The summed E-state index contributed by atoms with van der Waals surface area (Å²) in [6, 6.07) is 8.84. The number of hydrogen-bond acceptors (Lipinski definition) is 6. The number of benzene rings is 1. The van der Waals surface area contributed by atoms with Gasteiger partial charge in [0.05, 0.1) is 11.7 Å². The molecule has 1 heterocycles. The van der Waals surface area contributed by atoms with Gasteiger partial charge in [-0.1, -0.05) is 32.0 Å². The zero-order valence-electron chi connectivity index (χ0n) is 15.2. The third-order valence-corrected chi connectivity index (χ3v) is 4.79. The normalized spacial score (nSPS) is 29.0. The zero-order valence-corrected chi connectivity index (χ0v) is 15.2. The highest BCUT2D eigenvalue weighted by Gasteiger charge is 2.43. The maximum atomic E-state index is 12.1. The van der Waals surface area contributed by atoms with Crippen LogP contribution in [0.15, 0.2) is 30.3 Å². The summed E-state index contributed by atoms with van der Waals surface area (Å²) in [6.45, 7) is 6.35. The lowest BCUT2D eigenvalue weighted by Gasteiger charge is -2.43. The lowest BCUT2D eigenvalue weighted by molar-refractivity contribution is -0.247. The van der Waals surface area contributed by atoms with Gasteiger partial charge in [-0.2, -0.15) is 0 Å². The molecular formula is C19H27NO5. The number of nitrogens with one attached hydrogen (secondary N) is 1. The number of hydrogen-bond donors (Lipinski definition) is 1. The van der Waals surface area contributed by atoms with Gasteiger partial charge >= 0.3 is 11.9 Å². The third kappa shape index (κ3) is 5.03. The Labute approximate surface area is 148 Å². The number of esters is 2. The molecule has 1 N–H and O–H groups in total. The maximum absolute atomic E-state index is 12.1. The van der Waals surface area contributed by atoms with E-state index < -0.39 is 6.29 Å². The fourth-order valence-corrected chi connectivity index (χ4v) is 3.29. The largest absolute Gasteiger partial charge is 0.459 e. The van der Waals surface area contributed by atoms with Crippen molar-refractivity contribution in [3.8, 4) is 0 Å². The second kappa shape index (κ2) is 8.97. The minimum Gasteiger partial charge on any atom is -0.459 e. The minimum atomic E-state index is -0.632. The van der Waals surface area contributed by atoms with Gasteiger partial charge < -0.3 is 19.5 Å². The average molecular weight is 349 g/mol. The Kier molecular flexibility index (Phi) is 6.96. The lowest BCUT2D eigenvalue weighted by Crippen LogP contribution is -2.51. The Hall–Kier alpha value is -1.92.